The number of hydrogen-bond donors (Lipinski definition) is 0. The van der Waals surface area contributed by atoms with Crippen LogP contribution in [0.1, 0.15) is 145 Å². The summed E-state index contributed by atoms with van der Waals surface area (Å²) in [5.41, 5.74) is 0.544. The zero-order valence-corrected chi connectivity index (χ0v) is 28.6. The van der Waals surface area contributed by atoms with Gasteiger partial charge in [-0.15, -0.1) is 0 Å². The molecule has 0 unspecified atom stereocenters. The van der Waals surface area contributed by atoms with Gasteiger partial charge in [0.25, 0.3) is 16.6 Å². The molecule has 0 aliphatic heterocycles. The summed E-state index contributed by atoms with van der Waals surface area (Å²) < 4.78 is 13.0. The monoisotopic (exact) mass is 568 g/mol. The molecule has 0 rings (SSSR count). The molecule has 0 N–H and O–H groups in total. The Morgan fingerprint density at radius 3 is 1.13 bits per heavy atom. The lowest BCUT2D eigenvalue weighted by Crippen LogP contribution is -2.41. The van der Waals surface area contributed by atoms with Crippen molar-refractivity contribution in [2.24, 2.45) is 0 Å². The Balaban J connectivity index is 6.06. The molecule has 0 saturated heterocycles. The highest BCUT2D eigenvalue weighted by Crippen LogP contribution is 2.32. The minimum atomic E-state index is -2.21. The third-order valence-electron chi connectivity index (χ3n) is 7.90. The van der Waals surface area contributed by atoms with Crippen molar-refractivity contribution in [2.75, 3.05) is 0 Å². The standard InChI is InChI=1S/C32H64O4Si2/c1-8-15-22-30(32(34)36-38(26-19-12-5,27-20-13-6)28-21-14-7)29-31(33)35-37(23-16-9-2,24-17-10-3)25-18-11-4/h29H,8-28H2,1-7H3/b30-29-. The molecular formula is C32H64O4Si2. The van der Waals surface area contributed by atoms with Gasteiger partial charge in [0.15, 0.2) is 0 Å². The maximum absolute atomic E-state index is 13.7. The van der Waals surface area contributed by atoms with Crippen molar-refractivity contribution >= 4 is 28.6 Å². The van der Waals surface area contributed by atoms with Crippen molar-refractivity contribution in [1.29, 1.82) is 0 Å². The first-order valence-electron chi connectivity index (χ1n) is 16.5. The van der Waals surface area contributed by atoms with E-state index in [9.17, 15) is 9.59 Å². The summed E-state index contributed by atoms with van der Waals surface area (Å²) in [6.45, 7) is 15.4. The van der Waals surface area contributed by atoms with Crippen LogP contribution < -0.4 is 0 Å². The van der Waals surface area contributed by atoms with Crippen molar-refractivity contribution in [3.8, 4) is 0 Å². The van der Waals surface area contributed by atoms with Gasteiger partial charge >= 0.3 is 11.9 Å². The van der Waals surface area contributed by atoms with Crippen LogP contribution in [0.3, 0.4) is 0 Å². The average Bonchev–Trinajstić information content (AvgIpc) is 2.92. The summed E-state index contributed by atoms with van der Waals surface area (Å²) in [5, 5.41) is 0. The van der Waals surface area contributed by atoms with E-state index in [0.29, 0.717) is 12.0 Å². The zero-order valence-electron chi connectivity index (χ0n) is 26.6. The first kappa shape index (κ1) is 37.1. The Hall–Kier alpha value is -0.886. The molecule has 0 atom stereocenters. The van der Waals surface area contributed by atoms with E-state index < -0.39 is 16.6 Å². The largest absolute Gasteiger partial charge is 0.516 e. The summed E-state index contributed by atoms with van der Waals surface area (Å²) in [6, 6.07) is 6.25. The smallest absolute Gasteiger partial charge is 0.320 e. The molecule has 6 heteroatoms. The zero-order chi connectivity index (χ0) is 28.7. The SMILES string of the molecule is CCCC/C(=C/C(=O)O[Si](CCCC)(CCCC)CCCC)C(=O)O[Si](CCCC)(CCCC)CCCC. The van der Waals surface area contributed by atoms with Crippen LogP contribution in [0, 0.1) is 0 Å². The third kappa shape index (κ3) is 15.6. The van der Waals surface area contributed by atoms with Gasteiger partial charge in [0.1, 0.15) is 0 Å². The second-order valence-electron chi connectivity index (χ2n) is 11.6. The van der Waals surface area contributed by atoms with Crippen LogP contribution in [0.15, 0.2) is 11.6 Å². The average molecular weight is 569 g/mol. The van der Waals surface area contributed by atoms with Crippen LogP contribution in [0.2, 0.25) is 36.3 Å². The minimum Gasteiger partial charge on any atom is -0.516 e. The van der Waals surface area contributed by atoms with Crippen LogP contribution in [-0.4, -0.2) is 28.6 Å². The lowest BCUT2D eigenvalue weighted by atomic mass is 10.1. The Morgan fingerprint density at radius 1 is 0.500 bits per heavy atom. The molecule has 0 aliphatic rings. The Labute approximate surface area is 239 Å². The van der Waals surface area contributed by atoms with Crippen molar-refractivity contribution < 1.29 is 18.4 Å². The van der Waals surface area contributed by atoms with Gasteiger partial charge in [0.2, 0.25) is 0 Å². The van der Waals surface area contributed by atoms with E-state index in [4.69, 9.17) is 8.85 Å². The van der Waals surface area contributed by atoms with Crippen LogP contribution in [0.5, 0.6) is 0 Å². The summed E-state index contributed by atoms with van der Waals surface area (Å²) in [7, 11) is -4.40. The fraction of sp³-hybridized carbons (Fsp3) is 0.875. The van der Waals surface area contributed by atoms with Crippen molar-refractivity contribution in [2.45, 2.75) is 181 Å². The first-order valence-corrected chi connectivity index (χ1v) is 21.5. The van der Waals surface area contributed by atoms with Gasteiger partial charge in [-0.3, -0.25) is 0 Å². The molecule has 0 aromatic rings. The fourth-order valence-electron chi connectivity index (χ4n) is 5.30. The highest BCUT2D eigenvalue weighted by atomic mass is 28.4. The predicted octanol–water partition coefficient (Wildman–Crippen LogP) is 10.9. The Morgan fingerprint density at radius 2 is 0.816 bits per heavy atom. The van der Waals surface area contributed by atoms with E-state index >= 15 is 0 Å². The van der Waals surface area contributed by atoms with E-state index in [0.717, 1.165) is 126 Å². The van der Waals surface area contributed by atoms with Crippen LogP contribution >= 0.6 is 0 Å². The van der Waals surface area contributed by atoms with Crippen LogP contribution in [0.4, 0.5) is 0 Å². The quantitative estimate of drug-likeness (QED) is 0.0811. The maximum atomic E-state index is 13.7. The summed E-state index contributed by atoms with van der Waals surface area (Å²) >= 11 is 0. The lowest BCUT2D eigenvalue weighted by molar-refractivity contribution is -0.133. The Kier molecular flexibility index (Phi) is 22.3. The van der Waals surface area contributed by atoms with Gasteiger partial charge in [-0.05, 0) is 49.1 Å². The van der Waals surface area contributed by atoms with Gasteiger partial charge in [-0.1, -0.05) is 132 Å². The molecule has 0 aromatic heterocycles. The van der Waals surface area contributed by atoms with Gasteiger partial charge in [0, 0.05) is 11.6 Å². The maximum Gasteiger partial charge on any atom is 0.320 e. The van der Waals surface area contributed by atoms with Crippen LogP contribution in [0.25, 0.3) is 0 Å². The topological polar surface area (TPSA) is 52.6 Å². The van der Waals surface area contributed by atoms with Gasteiger partial charge in [-0.25, -0.2) is 9.59 Å². The van der Waals surface area contributed by atoms with E-state index in [-0.39, 0.29) is 11.9 Å². The number of carbonyl (C=O) groups is 2. The van der Waals surface area contributed by atoms with E-state index in [1.165, 1.54) is 0 Å². The van der Waals surface area contributed by atoms with E-state index in [2.05, 4.69) is 48.5 Å². The van der Waals surface area contributed by atoms with E-state index in [1.807, 2.05) is 0 Å². The molecule has 38 heavy (non-hydrogen) atoms. The summed E-state index contributed by atoms with van der Waals surface area (Å²) in [5.74, 6) is -0.515. The van der Waals surface area contributed by atoms with Crippen molar-refractivity contribution in [3.63, 3.8) is 0 Å². The second-order valence-corrected chi connectivity index (χ2v) is 19.7. The van der Waals surface area contributed by atoms with Gasteiger partial charge < -0.3 is 8.85 Å². The first-order chi connectivity index (χ1) is 18.3. The number of unbranched alkanes of at least 4 members (excludes halogenated alkanes) is 7. The normalized spacial score (nSPS) is 12.6. The molecule has 0 saturated carbocycles. The van der Waals surface area contributed by atoms with Gasteiger partial charge in [0.05, 0.1) is 0 Å². The molecule has 0 heterocycles. The number of hydrogen-bond acceptors (Lipinski definition) is 4. The lowest BCUT2D eigenvalue weighted by Gasteiger charge is -2.32. The molecular weight excluding hydrogens is 505 g/mol. The van der Waals surface area contributed by atoms with Gasteiger partial charge in [-0.2, -0.15) is 0 Å². The number of carbonyl (C=O) groups excluding carboxylic acids is 2. The molecule has 0 aromatic carbocycles. The van der Waals surface area contributed by atoms with Crippen LogP contribution in [-0.2, 0) is 18.4 Å². The predicted molar refractivity (Wildman–Crippen MR) is 170 cm³/mol. The molecule has 224 valence electrons. The second kappa shape index (κ2) is 22.9. The highest BCUT2D eigenvalue weighted by molar-refractivity contribution is 6.76. The molecule has 0 aliphatic carbocycles. The molecule has 0 fully saturated rings. The molecule has 0 amide bonds. The summed E-state index contributed by atoms with van der Waals surface area (Å²) in [6.07, 6.45) is 17.4. The number of rotatable bonds is 25. The molecule has 0 spiro atoms. The highest BCUT2D eigenvalue weighted by Gasteiger charge is 2.39. The fourth-order valence-corrected chi connectivity index (χ4v) is 14.4. The van der Waals surface area contributed by atoms with Crippen molar-refractivity contribution in [1.82, 2.24) is 0 Å². The minimum absolute atomic E-state index is 0.228. The van der Waals surface area contributed by atoms with E-state index in [1.54, 1.807) is 6.08 Å². The molecule has 0 bridgehead atoms. The molecule has 0 radical (unpaired) electrons. The van der Waals surface area contributed by atoms with Crippen molar-refractivity contribution in [3.05, 3.63) is 11.6 Å². The summed E-state index contributed by atoms with van der Waals surface area (Å²) in [4.78, 5) is 27.2. The third-order valence-corrected chi connectivity index (χ3v) is 16.7. The molecule has 4 nitrogen and oxygen atoms in total. The Bertz CT molecular complexity index is 604.